The standard InChI is InChI=1S/C19H21N5O3/c1-26-17-4-2-3-5-18(17)27-11-14-9-16(24-22-14)19(25)21-13-6-7-15-12(8-13)10-20-23-15/h2-5,9-10,13H,6-8,11H2,1H3,(H,20,23)(H,21,25)(H,22,24)/t13-/m0/s1. The second kappa shape index (κ2) is 7.53. The molecule has 0 aliphatic heterocycles. The van der Waals surface area contributed by atoms with Gasteiger partial charge in [0.15, 0.2) is 11.5 Å². The molecule has 0 saturated heterocycles. The lowest BCUT2D eigenvalue weighted by molar-refractivity contribution is 0.0928. The van der Waals surface area contributed by atoms with Gasteiger partial charge in [0, 0.05) is 11.7 Å². The van der Waals surface area contributed by atoms with Gasteiger partial charge >= 0.3 is 0 Å². The number of methoxy groups -OCH3 is 1. The van der Waals surface area contributed by atoms with Crippen LogP contribution in [0.5, 0.6) is 11.5 Å². The topological polar surface area (TPSA) is 105 Å². The van der Waals surface area contributed by atoms with Crippen LogP contribution in [-0.2, 0) is 19.4 Å². The Balaban J connectivity index is 1.34. The second-order valence-corrected chi connectivity index (χ2v) is 6.50. The molecule has 0 fully saturated rings. The lowest BCUT2D eigenvalue weighted by Crippen LogP contribution is -2.38. The van der Waals surface area contributed by atoms with Crippen molar-refractivity contribution in [3.05, 3.63) is 59.2 Å². The zero-order chi connectivity index (χ0) is 18.6. The molecule has 27 heavy (non-hydrogen) atoms. The molecule has 3 N–H and O–H groups in total. The van der Waals surface area contributed by atoms with Crippen molar-refractivity contribution in [3.8, 4) is 11.5 Å². The Bertz CT molecular complexity index is 933. The Morgan fingerprint density at radius 1 is 1.30 bits per heavy atom. The summed E-state index contributed by atoms with van der Waals surface area (Å²) in [5, 5.41) is 17.1. The average Bonchev–Trinajstić information content (AvgIpc) is 3.35. The molecule has 0 saturated carbocycles. The van der Waals surface area contributed by atoms with Crippen LogP contribution in [-0.4, -0.2) is 39.5 Å². The second-order valence-electron chi connectivity index (χ2n) is 6.50. The van der Waals surface area contributed by atoms with Gasteiger partial charge in [-0.15, -0.1) is 0 Å². The van der Waals surface area contributed by atoms with Crippen molar-refractivity contribution in [2.45, 2.75) is 31.9 Å². The molecule has 1 aromatic carbocycles. The van der Waals surface area contributed by atoms with Gasteiger partial charge in [0.2, 0.25) is 0 Å². The fourth-order valence-corrected chi connectivity index (χ4v) is 3.24. The number of para-hydroxylation sites is 2. The van der Waals surface area contributed by atoms with E-state index in [1.165, 1.54) is 5.56 Å². The van der Waals surface area contributed by atoms with E-state index in [2.05, 4.69) is 25.7 Å². The van der Waals surface area contributed by atoms with Gasteiger partial charge in [0.1, 0.15) is 12.3 Å². The first kappa shape index (κ1) is 17.1. The molecule has 3 aromatic rings. The highest BCUT2D eigenvalue weighted by atomic mass is 16.5. The largest absolute Gasteiger partial charge is 0.493 e. The van der Waals surface area contributed by atoms with Gasteiger partial charge in [0.25, 0.3) is 5.91 Å². The lowest BCUT2D eigenvalue weighted by Gasteiger charge is -2.22. The van der Waals surface area contributed by atoms with Crippen molar-refractivity contribution in [2.75, 3.05) is 7.11 Å². The van der Waals surface area contributed by atoms with Gasteiger partial charge in [0.05, 0.1) is 19.0 Å². The molecule has 2 heterocycles. The fourth-order valence-electron chi connectivity index (χ4n) is 3.24. The number of nitrogens with zero attached hydrogens (tertiary/aromatic N) is 2. The number of ether oxygens (including phenoxy) is 2. The van der Waals surface area contributed by atoms with E-state index in [4.69, 9.17) is 9.47 Å². The number of aryl methyl sites for hydroxylation is 1. The van der Waals surface area contributed by atoms with Crippen LogP contribution in [0.2, 0.25) is 0 Å². The number of hydrogen-bond acceptors (Lipinski definition) is 5. The summed E-state index contributed by atoms with van der Waals surface area (Å²) < 4.78 is 11.0. The summed E-state index contributed by atoms with van der Waals surface area (Å²) in [5.41, 5.74) is 3.40. The Morgan fingerprint density at radius 3 is 3.00 bits per heavy atom. The molecule has 2 aromatic heterocycles. The fraction of sp³-hybridized carbons (Fsp3) is 0.316. The maximum atomic E-state index is 12.5. The third-order valence-electron chi connectivity index (χ3n) is 4.67. The van der Waals surface area contributed by atoms with E-state index in [0.717, 1.165) is 25.0 Å². The molecular weight excluding hydrogens is 346 g/mol. The molecule has 1 amide bonds. The van der Waals surface area contributed by atoms with E-state index >= 15 is 0 Å². The van der Waals surface area contributed by atoms with Gasteiger partial charge < -0.3 is 14.8 Å². The van der Waals surface area contributed by atoms with Gasteiger partial charge in [-0.05, 0) is 43.0 Å². The first-order valence-corrected chi connectivity index (χ1v) is 8.85. The number of amides is 1. The summed E-state index contributed by atoms with van der Waals surface area (Å²) in [5.74, 6) is 1.11. The number of H-pyrrole nitrogens is 2. The van der Waals surface area contributed by atoms with Crippen molar-refractivity contribution < 1.29 is 14.3 Å². The van der Waals surface area contributed by atoms with Crippen LogP contribution >= 0.6 is 0 Å². The number of aromatic nitrogens is 4. The SMILES string of the molecule is COc1ccccc1OCc1cc(C(=O)N[C@H]2CCc3[nH]ncc3C2)n[nH]1. The molecule has 140 valence electrons. The van der Waals surface area contributed by atoms with Crippen molar-refractivity contribution in [1.82, 2.24) is 25.7 Å². The predicted molar refractivity (Wildman–Crippen MR) is 97.8 cm³/mol. The van der Waals surface area contributed by atoms with Crippen LogP contribution in [0.1, 0.15) is 33.9 Å². The number of carbonyl (C=O) groups excluding carboxylic acids is 1. The minimum Gasteiger partial charge on any atom is -0.493 e. The maximum Gasteiger partial charge on any atom is 0.272 e. The maximum absolute atomic E-state index is 12.5. The van der Waals surface area contributed by atoms with Crippen molar-refractivity contribution in [2.24, 2.45) is 0 Å². The van der Waals surface area contributed by atoms with Crippen LogP contribution in [0.15, 0.2) is 36.5 Å². The number of benzene rings is 1. The summed E-state index contributed by atoms with van der Waals surface area (Å²) in [6.45, 7) is 0.266. The monoisotopic (exact) mass is 367 g/mol. The van der Waals surface area contributed by atoms with Gasteiger partial charge in [-0.2, -0.15) is 10.2 Å². The molecule has 0 unspecified atom stereocenters. The number of nitrogens with one attached hydrogen (secondary N) is 3. The molecule has 8 heteroatoms. The molecule has 1 aliphatic carbocycles. The van der Waals surface area contributed by atoms with E-state index in [9.17, 15) is 4.79 Å². The van der Waals surface area contributed by atoms with Crippen LogP contribution in [0.3, 0.4) is 0 Å². The lowest BCUT2D eigenvalue weighted by atomic mass is 9.93. The third-order valence-corrected chi connectivity index (χ3v) is 4.67. The summed E-state index contributed by atoms with van der Waals surface area (Å²) in [6, 6.07) is 9.21. The molecule has 0 bridgehead atoms. The molecule has 1 atom stereocenters. The number of carbonyl (C=O) groups is 1. The van der Waals surface area contributed by atoms with E-state index in [-0.39, 0.29) is 18.6 Å². The average molecular weight is 367 g/mol. The highest BCUT2D eigenvalue weighted by molar-refractivity contribution is 5.92. The summed E-state index contributed by atoms with van der Waals surface area (Å²) in [4.78, 5) is 12.5. The zero-order valence-electron chi connectivity index (χ0n) is 15.0. The highest BCUT2D eigenvalue weighted by Gasteiger charge is 2.23. The van der Waals surface area contributed by atoms with E-state index < -0.39 is 0 Å². The smallest absolute Gasteiger partial charge is 0.272 e. The number of hydrogen-bond donors (Lipinski definition) is 3. The molecule has 1 aliphatic rings. The number of fused-ring (bicyclic) bond motifs is 1. The van der Waals surface area contributed by atoms with Crippen LogP contribution in [0.4, 0.5) is 0 Å². The van der Waals surface area contributed by atoms with Gasteiger partial charge in [-0.3, -0.25) is 15.0 Å². The summed E-state index contributed by atoms with van der Waals surface area (Å²) in [6.07, 6.45) is 4.38. The van der Waals surface area contributed by atoms with Crippen LogP contribution in [0.25, 0.3) is 0 Å². The highest BCUT2D eigenvalue weighted by Crippen LogP contribution is 2.26. The van der Waals surface area contributed by atoms with Crippen LogP contribution < -0.4 is 14.8 Å². The van der Waals surface area contributed by atoms with Crippen molar-refractivity contribution in [1.29, 1.82) is 0 Å². The molecule has 4 rings (SSSR count). The summed E-state index contributed by atoms with van der Waals surface area (Å²) >= 11 is 0. The zero-order valence-corrected chi connectivity index (χ0v) is 15.0. The van der Waals surface area contributed by atoms with E-state index in [1.807, 2.05) is 30.5 Å². The Hall–Kier alpha value is -3.29. The molecule has 0 spiro atoms. The Morgan fingerprint density at radius 2 is 2.15 bits per heavy atom. The minimum absolute atomic E-state index is 0.0904. The first-order valence-electron chi connectivity index (χ1n) is 8.85. The van der Waals surface area contributed by atoms with Crippen LogP contribution in [0, 0.1) is 0 Å². The Labute approximate surface area is 156 Å². The predicted octanol–water partition coefficient (Wildman–Crippen LogP) is 2.01. The van der Waals surface area contributed by atoms with E-state index in [0.29, 0.717) is 22.9 Å². The Kier molecular flexibility index (Phi) is 4.78. The number of aromatic amines is 2. The van der Waals surface area contributed by atoms with Gasteiger partial charge in [-0.25, -0.2) is 0 Å². The van der Waals surface area contributed by atoms with E-state index in [1.54, 1.807) is 13.2 Å². The quantitative estimate of drug-likeness (QED) is 0.618. The molecule has 8 nitrogen and oxygen atoms in total. The molecule has 0 radical (unpaired) electrons. The normalized spacial score (nSPS) is 15.8. The minimum atomic E-state index is -0.188. The number of rotatable bonds is 6. The van der Waals surface area contributed by atoms with Gasteiger partial charge in [-0.1, -0.05) is 12.1 Å². The van der Waals surface area contributed by atoms with Crippen molar-refractivity contribution >= 4 is 5.91 Å². The molecular formula is C19H21N5O3. The third kappa shape index (κ3) is 3.79. The summed E-state index contributed by atoms with van der Waals surface area (Å²) in [7, 11) is 1.60. The van der Waals surface area contributed by atoms with Crippen molar-refractivity contribution in [3.63, 3.8) is 0 Å². The first-order chi connectivity index (χ1) is 13.2.